The molecule has 0 amide bonds. The number of alkyl halides is 5. The van der Waals surface area contributed by atoms with Crippen LogP contribution in [0.1, 0.15) is 12.0 Å². The highest BCUT2D eigenvalue weighted by molar-refractivity contribution is 8.13. The largest absolute Gasteiger partial charge is 0.573 e. The van der Waals surface area contributed by atoms with E-state index in [-0.39, 0.29) is 12.1 Å². The number of ether oxygens (including phenoxy) is 1. The number of rotatable bonds is 4. The Balaban J connectivity index is 3.74. The van der Waals surface area contributed by atoms with Gasteiger partial charge in [0.05, 0.1) is 16.6 Å². The highest BCUT2D eigenvalue weighted by Crippen LogP contribution is 2.41. The summed E-state index contributed by atoms with van der Waals surface area (Å²) in [7, 11) is -0.165. The van der Waals surface area contributed by atoms with Crippen LogP contribution in [-0.2, 0) is 9.05 Å². The lowest BCUT2D eigenvalue weighted by molar-refractivity contribution is -0.385. The van der Waals surface area contributed by atoms with Crippen molar-refractivity contribution >= 4 is 25.4 Å². The summed E-state index contributed by atoms with van der Waals surface area (Å²) in [5.74, 6) is -1.72. The Kier molecular flexibility index (Phi) is 4.63. The van der Waals surface area contributed by atoms with Crippen molar-refractivity contribution in [1.29, 1.82) is 0 Å². The second-order valence-electron chi connectivity index (χ2n) is 3.40. The van der Waals surface area contributed by atoms with Gasteiger partial charge >= 0.3 is 6.36 Å². The highest BCUT2D eigenvalue weighted by Gasteiger charge is 2.37. The van der Waals surface area contributed by atoms with E-state index in [9.17, 15) is 40.5 Å². The average molecular weight is 356 g/mol. The fourth-order valence-electron chi connectivity index (χ4n) is 1.32. The van der Waals surface area contributed by atoms with Crippen LogP contribution < -0.4 is 4.74 Å². The Labute approximate surface area is 117 Å². The van der Waals surface area contributed by atoms with Gasteiger partial charge in [0.25, 0.3) is 21.2 Å². The predicted octanol–water partition coefficient (Wildman–Crippen LogP) is 3.36. The zero-order chi connectivity index (χ0) is 16.6. The van der Waals surface area contributed by atoms with Gasteiger partial charge in [0.1, 0.15) is 10.6 Å². The van der Waals surface area contributed by atoms with Crippen molar-refractivity contribution in [3.63, 3.8) is 0 Å². The third-order valence-corrected chi connectivity index (χ3v) is 3.37. The van der Waals surface area contributed by atoms with Crippen LogP contribution >= 0.6 is 10.7 Å². The standard InChI is InChI=1S/C8H3ClF5NO5S/c9-21(18,19)5-2-3(15(16)17)1-4(6(5)7(10)11)20-8(12,13)14/h1-2,7H. The summed E-state index contributed by atoms with van der Waals surface area (Å²) in [6.45, 7) is 0. The summed E-state index contributed by atoms with van der Waals surface area (Å²) < 4.78 is 87.4. The third kappa shape index (κ3) is 4.39. The van der Waals surface area contributed by atoms with E-state index in [0.29, 0.717) is 0 Å². The maximum atomic E-state index is 12.8. The smallest absolute Gasteiger partial charge is 0.405 e. The van der Waals surface area contributed by atoms with E-state index >= 15 is 0 Å². The molecule has 0 heterocycles. The first kappa shape index (κ1) is 17.4. The van der Waals surface area contributed by atoms with Gasteiger partial charge in [-0.3, -0.25) is 10.1 Å². The summed E-state index contributed by atoms with van der Waals surface area (Å²) >= 11 is 0. The minimum Gasteiger partial charge on any atom is -0.405 e. The molecule has 0 fully saturated rings. The van der Waals surface area contributed by atoms with Crippen molar-refractivity contribution in [2.24, 2.45) is 0 Å². The number of halogens is 6. The predicted molar refractivity (Wildman–Crippen MR) is 57.8 cm³/mol. The minimum atomic E-state index is -5.47. The molecule has 0 atom stereocenters. The van der Waals surface area contributed by atoms with E-state index in [2.05, 4.69) is 4.74 Å². The van der Waals surface area contributed by atoms with Crippen molar-refractivity contribution in [3.8, 4) is 5.75 Å². The number of hydrogen-bond acceptors (Lipinski definition) is 5. The van der Waals surface area contributed by atoms with Crippen LogP contribution in [-0.4, -0.2) is 19.7 Å². The first-order valence-electron chi connectivity index (χ1n) is 4.64. The Morgan fingerprint density at radius 1 is 1.29 bits per heavy atom. The molecular weight excluding hydrogens is 353 g/mol. The van der Waals surface area contributed by atoms with E-state index in [1.807, 2.05) is 0 Å². The monoisotopic (exact) mass is 355 g/mol. The van der Waals surface area contributed by atoms with Crippen LogP contribution in [0.5, 0.6) is 5.75 Å². The van der Waals surface area contributed by atoms with Gasteiger partial charge in [-0.25, -0.2) is 17.2 Å². The summed E-state index contributed by atoms with van der Waals surface area (Å²) in [5, 5.41) is 10.5. The van der Waals surface area contributed by atoms with Crippen molar-refractivity contribution < 1.29 is 40.0 Å². The molecule has 1 aromatic rings. The average Bonchev–Trinajstić information content (AvgIpc) is 2.23. The fraction of sp³-hybridized carbons (Fsp3) is 0.250. The van der Waals surface area contributed by atoms with E-state index in [4.69, 9.17) is 10.7 Å². The zero-order valence-electron chi connectivity index (χ0n) is 9.40. The molecule has 0 aliphatic carbocycles. The van der Waals surface area contributed by atoms with Crippen LogP contribution in [0, 0.1) is 10.1 Å². The fourth-order valence-corrected chi connectivity index (χ4v) is 2.42. The number of benzene rings is 1. The maximum Gasteiger partial charge on any atom is 0.573 e. The normalized spacial score (nSPS) is 12.5. The summed E-state index contributed by atoms with van der Waals surface area (Å²) in [6.07, 6.45) is -9.20. The van der Waals surface area contributed by atoms with Gasteiger partial charge in [0, 0.05) is 16.7 Å². The highest BCUT2D eigenvalue weighted by atomic mass is 35.7. The molecule has 0 aliphatic rings. The Bertz CT molecular complexity index is 674. The molecule has 0 saturated heterocycles. The molecule has 0 aliphatic heterocycles. The first-order valence-corrected chi connectivity index (χ1v) is 6.94. The quantitative estimate of drug-likeness (QED) is 0.358. The summed E-state index contributed by atoms with van der Waals surface area (Å²) in [5.41, 5.74) is -2.93. The molecular formula is C8H3ClF5NO5S. The molecule has 0 saturated carbocycles. The van der Waals surface area contributed by atoms with Gasteiger partial charge in [-0.15, -0.1) is 13.2 Å². The molecule has 1 rings (SSSR count). The summed E-state index contributed by atoms with van der Waals surface area (Å²) in [6, 6.07) is 0.146. The number of hydrogen-bond donors (Lipinski definition) is 0. The summed E-state index contributed by atoms with van der Waals surface area (Å²) in [4.78, 5) is 7.70. The van der Waals surface area contributed by atoms with E-state index in [1.54, 1.807) is 0 Å². The lowest BCUT2D eigenvalue weighted by Crippen LogP contribution is -2.19. The van der Waals surface area contributed by atoms with Crippen LogP contribution in [0.25, 0.3) is 0 Å². The van der Waals surface area contributed by atoms with Crippen LogP contribution in [0.4, 0.5) is 27.6 Å². The molecule has 0 bridgehead atoms. The van der Waals surface area contributed by atoms with Gasteiger partial charge in [-0.05, 0) is 0 Å². The molecule has 13 heteroatoms. The number of non-ortho nitro benzene ring substituents is 1. The number of nitrogens with zero attached hydrogens (tertiary/aromatic N) is 1. The zero-order valence-corrected chi connectivity index (χ0v) is 11.0. The van der Waals surface area contributed by atoms with E-state index in [1.165, 1.54) is 0 Å². The van der Waals surface area contributed by atoms with Gasteiger partial charge in [0.15, 0.2) is 0 Å². The Hall–Kier alpha value is -1.69. The van der Waals surface area contributed by atoms with Crippen molar-refractivity contribution in [3.05, 3.63) is 27.8 Å². The molecule has 0 radical (unpaired) electrons. The molecule has 0 spiro atoms. The number of nitro benzene ring substituents is 1. The molecule has 6 nitrogen and oxygen atoms in total. The Morgan fingerprint density at radius 2 is 1.81 bits per heavy atom. The second kappa shape index (κ2) is 5.60. The minimum absolute atomic E-state index is 0.0283. The SMILES string of the molecule is O=[N+]([O-])c1cc(OC(F)(F)F)c(C(F)F)c(S(=O)(=O)Cl)c1. The lowest BCUT2D eigenvalue weighted by Gasteiger charge is -2.14. The van der Waals surface area contributed by atoms with E-state index in [0.717, 1.165) is 0 Å². The maximum absolute atomic E-state index is 12.8. The first-order chi connectivity index (χ1) is 9.33. The lowest BCUT2D eigenvalue weighted by atomic mass is 10.2. The molecule has 1 aromatic carbocycles. The molecule has 0 unspecified atom stereocenters. The van der Waals surface area contributed by atoms with Crippen molar-refractivity contribution in [1.82, 2.24) is 0 Å². The molecule has 0 N–H and O–H groups in total. The van der Waals surface area contributed by atoms with Crippen LogP contribution in [0.15, 0.2) is 17.0 Å². The topological polar surface area (TPSA) is 86.5 Å². The Morgan fingerprint density at radius 3 is 2.14 bits per heavy atom. The van der Waals surface area contributed by atoms with Gasteiger partial charge in [0.2, 0.25) is 0 Å². The third-order valence-electron chi connectivity index (χ3n) is 2.01. The molecule has 0 aromatic heterocycles. The van der Waals surface area contributed by atoms with Gasteiger partial charge in [-0.1, -0.05) is 0 Å². The number of nitro groups is 1. The van der Waals surface area contributed by atoms with Crippen LogP contribution in [0.2, 0.25) is 0 Å². The van der Waals surface area contributed by atoms with E-state index < -0.39 is 48.7 Å². The van der Waals surface area contributed by atoms with Crippen molar-refractivity contribution in [2.45, 2.75) is 17.7 Å². The second-order valence-corrected chi connectivity index (χ2v) is 5.93. The van der Waals surface area contributed by atoms with Crippen molar-refractivity contribution in [2.75, 3.05) is 0 Å². The van der Waals surface area contributed by atoms with Gasteiger partial charge in [-0.2, -0.15) is 0 Å². The molecule has 118 valence electrons. The van der Waals surface area contributed by atoms with Crippen LogP contribution in [0.3, 0.4) is 0 Å². The van der Waals surface area contributed by atoms with Gasteiger partial charge < -0.3 is 4.74 Å². The molecule has 21 heavy (non-hydrogen) atoms.